The molecule has 9 heteroatoms. The van der Waals surface area contributed by atoms with Crippen LogP contribution in [0.1, 0.15) is 28.5 Å². The van der Waals surface area contributed by atoms with E-state index in [0.717, 1.165) is 16.6 Å². The summed E-state index contributed by atoms with van der Waals surface area (Å²) in [6.07, 6.45) is 4.78. The van der Waals surface area contributed by atoms with Gasteiger partial charge in [-0.15, -0.1) is 5.10 Å². The summed E-state index contributed by atoms with van der Waals surface area (Å²) < 4.78 is 6.93. The Balaban J connectivity index is 1.57. The first-order valence-electron chi connectivity index (χ1n) is 11.9. The van der Waals surface area contributed by atoms with E-state index in [1.165, 1.54) is 4.90 Å². The molecule has 186 valence electrons. The number of nitrogens with zero attached hydrogens (tertiary/aromatic N) is 5. The molecule has 0 spiro atoms. The van der Waals surface area contributed by atoms with Gasteiger partial charge >= 0.3 is 0 Å². The Labute approximate surface area is 213 Å². The molecule has 0 fully saturated rings. The number of aromatic nitrogens is 4. The molecule has 1 N–H and O–H groups in total. The van der Waals surface area contributed by atoms with Crippen LogP contribution >= 0.6 is 0 Å². The zero-order valence-corrected chi connectivity index (χ0v) is 20.5. The fourth-order valence-corrected chi connectivity index (χ4v) is 4.37. The van der Waals surface area contributed by atoms with Gasteiger partial charge in [-0.3, -0.25) is 19.5 Å². The van der Waals surface area contributed by atoms with E-state index in [0.29, 0.717) is 22.5 Å². The summed E-state index contributed by atoms with van der Waals surface area (Å²) in [5.74, 6) is -0.0671. The van der Waals surface area contributed by atoms with Crippen LogP contribution in [0, 0.1) is 13.8 Å². The number of fused-ring (bicyclic) bond motifs is 1. The number of hydrogen-bond donors (Lipinski definition) is 1. The van der Waals surface area contributed by atoms with Gasteiger partial charge in [0.25, 0.3) is 0 Å². The summed E-state index contributed by atoms with van der Waals surface area (Å²) >= 11 is 0. The Morgan fingerprint density at radius 2 is 1.92 bits per heavy atom. The zero-order valence-electron chi connectivity index (χ0n) is 20.5. The lowest BCUT2D eigenvalue weighted by atomic mass is 10.0. The molecule has 0 aliphatic heterocycles. The van der Waals surface area contributed by atoms with Crippen molar-refractivity contribution in [2.24, 2.45) is 0 Å². The van der Waals surface area contributed by atoms with Crippen LogP contribution < -0.4 is 10.2 Å². The predicted octanol–water partition coefficient (Wildman–Crippen LogP) is 4.13. The van der Waals surface area contributed by atoms with E-state index in [-0.39, 0.29) is 24.9 Å². The van der Waals surface area contributed by atoms with E-state index >= 15 is 0 Å². The summed E-state index contributed by atoms with van der Waals surface area (Å²) in [5, 5.41) is 11.3. The molecule has 3 heterocycles. The first-order chi connectivity index (χ1) is 18.0. The van der Waals surface area contributed by atoms with Gasteiger partial charge in [-0.25, -0.2) is 4.68 Å². The first kappa shape index (κ1) is 23.9. The van der Waals surface area contributed by atoms with Crippen LogP contribution in [0.15, 0.2) is 89.8 Å². The number of pyridine rings is 1. The van der Waals surface area contributed by atoms with Gasteiger partial charge in [-0.2, -0.15) is 0 Å². The third-order valence-electron chi connectivity index (χ3n) is 6.11. The monoisotopic (exact) mass is 494 g/mol. The summed E-state index contributed by atoms with van der Waals surface area (Å²) in [6, 6.07) is 19.3. The maximum atomic E-state index is 14.1. The van der Waals surface area contributed by atoms with Gasteiger partial charge in [-0.1, -0.05) is 41.1 Å². The third kappa shape index (κ3) is 5.11. The molecule has 9 nitrogen and oxygen atoms in total. The van der Waals surface area contributed by atoms with E-state index in [2.05, 4.69) is 20.6 Å². The van der Waals surface area contributed by atoms with Crippen molar-refractivity contribution >= 4 is 28.5 Å². The number of aryl methyl sites for hydroxylation is 2. The number of amides is 2. The lowest BCUT2D eigenvalue weighted by molar-refractivity contribution is -0.127. The molecular weight excluding hydrogens is 468 g/mol. The smallest absolute Gasteiger partial charge is 0.249 e. The largest absolute Gasteiger partial charge is 0.467 e. The summed E-state index contributed by atoms with van der Waals surface area (Å²) in [4.78, 5) is 33.6. The minimum Gasteiger partial charge on any atom is -0.467 e. The highest BCUT2D eigenvalue weighted by Crippen LogP contribution is 2.31. The van der Waals surface area contributed by atoms with Crippen LogP contribution in [-0.4, -0.2) is 31.8 Å². The Kier molecular flexibility index (Phi) is 6.76. The number of hydrogen-bond acceptors (Lipinski definition) is 6. The summed E-state index contributed by atoms with van der Waals surface area (Å²) in [6.45, 7) is 4.00. The Morgan fingerprint density at radius 3 is 2.68 bits per heavy atom. The maximum Gasteiger partial charge on any atom is 0.249 e. The van der Waals surface area contributed by atoms with Gasteiger partial charge < -0.3 is 9.73 Å². The number of rotatable bonds is 8. The molecule has 2 aromatic carbocycles. The van der Waals surface area contributed by atoms with Crippen molar-refractivity contribution in [2.75, 3.05) is 4.90 Å². The number of para-hydroxylation sites is 1. The predicted molar refractivity (Wildman–Crippen MR) is 138 cm³/mol. The Bertz CT molecular complexity index is 1530. The number of anilines is 1. The fourth-order valence-electron chi connectivity index (χ4n) is 4.37. The van der Waals surface area contributed by atoms with E-state index in [1.54, 1.807) is 47.6 Å². The average Bonchev–Trinajstić information content (AvgIpc) is 3.57. The van der Waals surface area contributed by atoms with Crippen molar-refractivity contribution in [1.29, 1.82) is 0 Å². The second-order valence-electron chi connectivity index (χ2n) is 8.78. The number of carbonyl (C=O) groups excluding carboxylic acids is 2. The SMILES string of the molecule is Cc1ccc(N(C(=O)Cn2nnc3ccccc32)[C@H](C(=O)NCc2ccco2)c2cccnc2)c(C)c1. The van der Waals surface area contributed by atoms with Crippen molar-refractivity contribution in [1.82, 2.24) is 25.3 Å². The maximum absolute atomic E-state index is 14.1. The van der Waals surface area contributed by atoms with Gasteiger partial charge in [0, 0.05) is 23.6 Å². The van der Waals surface area contributed by atoms with Gasteiger partial charge in [0.15, 0.2) is 0 Å². The zero-order chi connectivity index (χ0) is 25.8. The van der Waals surface area contributed by atoms with E-state index in [1.807, 2.05) is 56.3 Å². The van der Waals surface area contributed by atoms with Crippen molar-refractivity contribution in [3.05, 3.63) is 108 Å². The first-order valence-corrected chi connectivity index (χ1v) is 11.9. The topological polar surface area (TPSA) is 106 Å². The molecule has 1 atom stereocenters. The number of benzene rings is 2. The molecule has 5 aromatic rings. The van der Waals surface area contributed by atoms with E-state index < -0.39 is 6.04 Å². The molecule has 0 bridgehead atoms. The molecule has 0 unspecified atom stereocenters. The van der Waals surface area contributed by atoms with Crippen molar-refractivity contribution < 1.29 is 14.0 Å². The molecule has 0 aliphatic rings. The highest BCUT2D eigenvalue weighted by atomic mass is 16.3. The van der Waals surface area contributed by atoms with Crippen LogP contribution in [0.5, 0.6) is 0 Å². The van der Waals surface area contributed by atoms with Crippen LogP contribution in [0.2, 0.25) is 0 Å². The second-order valence-corrected chi connectivity index (χ2v) is 8.78. The van der Waals surface area contributed by atoms with Crippen molar-refractivity contribution in [3.63, 3.8) is 0 Å². The van der Waals surface area contributed by atoms with Crippen molar-refractivity contribution in [3.8, 4) is 0 Å². The number of carbonyl (C=O) groups is 2. The number of furan rings is 1. The summed E-state index contributed by atoms with van der Waals surface area (Å²) in [5.41, 5.74) is 4.55. The Hall–Kier alpha value is -4.79. The molecule has 0 saturated heterocycles. The lowest BCUT2D eigenvalue weighted by Gasteiger charge is -2.32. The van der Waals surface area contributed by atoms with Gasteiger partial charge in [0.1, 0.15) is 23.9 Å². The van der Waals surface area contributed by atoms with Crippen LogP contribution in [0.25, 0.3) is 11.0 Å². The average molecular weight is 495 g/mol. The van der Waals surface area contributed by atoms with Crippen LogP contribution in [0.4, 0.5) is 5.69 Å². The fraction of sp³-hybridized carbons (Fsp3) is 0.179. The lowest BCUT2D eigenvalue weighted by Crippen LogP contribution is -2.45. The van der Waals surface area contributed by atoms with E-state index in [4.69, 9.17) is 4.42 Å². The molecule has 37 heavy (non-hydrogen) atoms. The standard InChI is InChI=1S/C28H26N6O3/c1-19-11-12-24(20(2)15-19)34(26(35)18-33-25-10-4-3-9-23(25)31-32-33)27(21-7-5-13-29-16-21)28(36)30-17-22-8-6-14-37-22/h3-16,27H,17-18H2,1-2H3,(H,30,36)/t27-/m0/s1. The van der Waals surface area contributed by atoms with Crippen LogP contribution in [0.3, 0.4) is 0 Å². The minimum atomic E-state index is -0.979. The van der Waals surface area contributed by atoms with Crippen LogP contribution in [-0.2, 0) is 22.7 Å². The highest BCUT2D eigenvalue weighted by Gasteiger charge is 2.34. The molecular formula is C28H26N6O3. The normalized spacial score (nSPS) is 11.8. The highest BCUT2D eigenvalue weighted by molar-refractivity contribution is 6.02. The molecule has 0 radical (unpaired) electrons. The third-order valence-corrected chi connectivity index (χ3v) is 6.11. The van der Waals surface area contributed by atoms with Crippen molar-refractivity contribution in [2.45, 2.75) is 33.0 Å². The van der Waals surface area contributed by atoms with Gasteiger partial charge in [0.05, 0.1) is 18.3 Å². The van der Waals surface area contributed by atoms with E-state index in [9.17, 15) is 9.59 Å². The minimum absolute atomic E-state index is 0.101. The molecule has 2 amide bonds. The second kappa shape index (κ2) is 10.4. The number of nitrogens with one attached hydrogen (secondary N) is 1. The summed E-state index contributed by atoms with van der Waals surface area (Å²) in [7, 11) is 0. The molecule has 5 rings (SSSR count). The van der Waals surface area contributed by atoms with Gasteiger partial charge in [-0.05, 0) is 55.8 Å². The Morgan fingerprint density at radius 1 is 1.05 bits per heavy atom. The molecule has 3 aromatic heterocycles. The molecule has 0 aliphatic carbocycles. The van der Waals surface area contributed by atoms with Gasteiger partial charge in [0.2, 0.25) is 11.8 Å². The molecule has 0 saturated carbocycles. The quantitative estimate of drug-likeness (QED) is 0.348.